The van der Waals surface area contributed by atoms with Crippen molar-refractivity contribution in [3.8, 4) is 11.5 Å². The van der Waals surface area contributed by atoms with Gasteiger partial charge in [0.25, 0.3) is 0 Å². The van der Waals surface area contributed by atoms with Crippen molar-refractivity contribution in [2.45, 2.75) is 13.0 Å². The van der Waals surface area contributed by atoms with Crippen LogP contribution in [0, 0.1) is 5.82 Å². The van der Waals surface area contributed by atoms with Crippen LogP contribution in [0.1, 0.15) is 11.4 Å². The van der Waals surface area contributed by atoms with E-state index in [0.717, 1.165) is 22.4 Å². The van der Waals surface area contributed by atoms with E-state index in [2.05, 4.69) is 5.32 Å². The molecule has 31 heavy (non-hydrogen) atoms. The highest BCUT2D eigenvalue weighted by Gasteiger charge is 2.15. The summed E-state index contributed by atoms with van der Waals surface area (Å²) in [6.07, 6.45) is 0.513. The SMILES string of the molecule is COc1ccc(Cc2nc3ccccc3n2CC(=O)Nc2ccc(F)cc2)cc1OC. The number of hydrogen-bond donors (Lipinski definition) is 1. The van der Waals surface area contributed by atoms with Gasteiger partial charge in [-0.2, -0.15) is 0 Å². The molecule has 7 heteroatoms. The molecule has 3 aromatic carbocycles. The molecule has 1 aromatic heterocycles. The highest BCUT2D eigenvalue weighted by molar-refractivity contribution is 5.91. The van der Waals surface area contributed by atoms with Gasteiger partial charge < -0.3 is 19.4 Å². The van der Waals surface area contributed by atoms with Crippen LogP contribution < -0.4 is 14.8 Å². The quantitative estimate of drug-likeness (QED) is 0.482. The number of fused-ring (bicyclic) bond motifs is 1. The monoisotopic (exact) mass is 419 g/mol. The van der Waals surface area contributed by atoms with E-state index in [1.165, 1.54) is 24.3 Å². The summed E-state index contributed by atoms with van der Waals surface area (Å²) in [6, 6.07) is 19.1. The van der Waals surface area contributed by atoms with Crippen molar-refractivity contribution in [3.63, 3.8) is 0 Å². The second-order valence-electron chi connectivity index (χ2n) is 7.02. The fourth-order valence-corrected chi connectivity index (χ4v) is 3.49. The predicted octanol–water partition coefficient (Wildman–Crippen LogP) is 4.42. The molecule has 0 aliphatic heterocycles. The summed E-state index contributed by atoms with van der Waals surface area (Å²) in [4.78, 5) is 17.4. The number of amides is 1. The molecule has 0 radical (unpaired) electrons. The van der Waals surface area contributed by atoms with E-state index < -0.39 is 0 Å². The largest absolute Gasteiger partial charge is 0.493 e. The first-order valence-corrected chi connectivity index (χ1v) is 9.78. The molecule has 0 saturated heterocycles. The highest BCUT2D eigenvalue weighted by Crippen LogP contribution is 2.29. The summed E-state index contributed by atoms with van der Waals surface area (Å²) in [5.41, 5.74) is 3.20. The van der Waals surface area contributed by atoms with Crippen LogP contribution in [0.5, 0.6) is 11.5 Å². The van der Waals surface area contributed by atoms with Gasteiger partial charge in [-0.3, -0.25) is 4.79 Å². The minimum absolute atomic E-state index is 0.0838. The molecule has 0 atom stereocenters. The molecule has 0 unspecified atom stereocenters. The Kier molecular flexibility index (Phi) is 5.84. The molecule has 0 spiro atoms. The van der Waals surface area contributed by atoms with Gasteiger partial charge in [0.15, 0.2) is 11.5 Å². The van der Waals surface area contributed by atoms with Crippen LogP contribution >= 0.6 is 0 Å². The van der Waals surface area contributed by atoms with Gasteiger partial charge in [-0.1, -0.05) is 18.2 Å². The highest BCUT2D eigenvalue weighted by atomic mass is 19.1. The molecule has 0 aliphatic carbocycles. The van der Waals surface area contributed by atoms with Crippen molar-refractivity contribution >= 4 is 22.6 Å². The minimum atomic E-state index is -0.351. The Morgan fingerprint density at radius 3 is 2.48 bits per heavy atom. The molecule has 4 aromatic rings. The summed E-state index contributed by atoms with van der Waals surface area (Å²) < 4.78 is 25.7. The maximum atomic E-state index is 13.1. The van der Waals surface area contributed by atoms with Gasteiger partial charge in [-0.05, 0) is 54.1 Å². The van der Waals surface area contributed by atoms with Crippen molar-refractivity contribution in [1.82, 2.24) is 9.55 Å². The van der Waals surface area contributed by atoms with E-state index in [0.29, 0.717) is 23.6 Å². The van der Waals surface area contributed by atoms with E-state index in [-0.39, 0.29) is 18.3 Å². The Morgan fingerprint density at radius 1 is 1.00 bits per heavy atom. The maximum Gasteiger partial charge on any atom is 0.244 e. The lowest BCUT2D eigenvalue weighted by molar-refractivity contribution is -0.116. The number of carbonyl (C=O) groups is 1. The number of para-hydroxylation sites is 2. The number of aromatic nitrogens is 2. The van der Waals surface area contributed by atoms with Gasteiger partial charge in [-0.25, -0.2) is 9.37 Å². The summed E-state index contributed by atoms with van der Waals surface area (Å²) in [6.45, 7) is 0.0838. The average Bonchev–Trinajstić information content (AvgIpc) is 3.12. The van der Waals surface area contributed by atoms with Crippen molar-refractivity contribution < 1.29 is 18.7 Å². The zero-order chi connectivity index (χ0) is 21.8. The molecule has 0 fully saturated rings. The number of nitrogens with zero attached hydrogens (tertiary/aromatic N) is 2. The number of halogens is 1. The Balaban J connectivity index is 1.63. The van der Waals surface area contributed by atoms with Gasteiger partial charge in [-0.15, -0.1) is 0 Å². The van der Waals surface area contributed by atoms with Crippen LogP contribution in [0.2, 0.25) is 0 Å². The van der Waals surface area contributed by atoms with Gasteiger partial charge >= 0.3 is 0 Å². The summed E-state index contributed by atoms with van der Waals surface area (Å²) in [5, 5.41) is 2.81. The molecule has 4 rings (SSSR count). The maximum absolute atomic E-state index is 13.1. The van der Waals surface area contributed by atoms with Gasteiger partial charge in [0.2, 0.25) is 5.91 Å². The molecule has 158 valence electrons. The van der Waals surface area contributed by atoms with Gasteiger partial charge in [0.1, 0.15) is 18.2 Å². The normalized spacial score (nSPS) is 10.8. The summed E-state index contributed by atoms with van der Waals surface area (Å²) >= 11 is 0. The fourth-order valence-electron chi connectivity index (χ4n) is 3.49. The zero-order valence-corrected chi connectivity index (χ0v) is 17.3. The number of benzene rings is 3. The van der Waals surface area contributed by atoms with E-state index in [9.17, 15) is 9.18 Å². The Bertz CT molecular complexity index is 1220. The first kappa shape index (κ1) is 20.4. The van der Waals surface area contributed by atoms with Crippen LogP contribution in [-0.2, 0) is 17.8 Å². The number of carbonyl (C=O) groups excluding carboxylic acids is 1. The second-order valence-corrected chi connectivity index (χ2v) is 7.02. The number of ether oxygens (including phenoxy) is 2. The average molecular weight is 419 g/mol. The van der Waals surface area contributed by atoms with Crippen molar-refractivity contribution in [1.29, 1.82) is 0 Å². The third-order valence-electron chi connectivity index (χ3n) is 4.97. The topological polar surface area (TPSA) is 65.4 Å². The van der Waals surface area contributed by atoms with E-state index in [4.69, 9.17) is 14.5 Å². The van der Waals surface area contributed by atoms with Crippen molar-refractivity contribution in [3.05, 3.63) is 83.9 Å². The molecule has 0 aliphatic rings. The summed E-state index contributed by atoms with van der Waals surface area (Å²) in [5.74, 6) is 1.47. The molecule has 1 amide bonds. The molecular weight excluding hydrogens is 397 g/mol. The smallest absolute Gasteiger partial charge is 0.244 e. The lowest BCUT2D eigenvalue weighted by atomic mass is 10.1. The van der Waals surface area contributed by atoms with Crippen LogP contribution in [0.3, 0.4) is 0 Å². The molecule has 1 N–H and O–H groups in total. The van der Waals surface area contributed by atoms with Crippen molar-refractivity contribution in [2.24, 2.45) is 0 Å². The zero-order valence-electron chi connectivity index (χ0n) is 17.3. The van der Waals surface area contributed by atoms with Crippen LogP contribution in [-0.4, -0.2) is 29.7 Å². The second kappa shape index (κ2) is 8.87. The van der Waals surface area contributed by atoms with E-state index in [1.54, 1.807) is 14.2 Å². The van der Waals surface area contributed by atoms with Gasteiger partial charge in [0.05, 0.1) is 25.3 Å². The summed E-state index contributed by atoms with van der Waals surface area (Å²) in [7, 11) is 3.19. The number of methoxy groups -OCH3 is 2. The van der Waals surface area contributed by atoms with Crippen LogP contribution in [0.15, 0.2) is 66.7 Å². The van der Waals surface area contributed by atoms with E-state index >= 15 is 0 Å². The lowest BCUT2D eigenvalue weighted by Gasteiger charge is -2.12. The molecular formula is C24H22FN3O3. The number of anilines is 1. The first-order chi connectivity index (χ1) is 15.1. The fraction of sp³-hybridized carbons (Fsp3) is 0.167. The Labute approximate surface area is 179 Å². The predicted molar refractivity (Wildman–Crippen MR) is 117 cm³/mol. The van der Waals surface area contributed by atoms with E-state index in [1.807, 2.05) is 47.0 Å². The number of hydrogen-bond acceptors (Lipinski definition) is 4. The molecule has 6 nitrogen and oxygen atoms in total. The third kappa shape index (κ3) is 4.50. The Hall–Kier alpha value is -3.87. The number of nitrogens with one attached hydrogen (secondary N) is 1. The van der Waals surface area contributed by atoms with Crippen LogP contribution in [0.4, 0.5) is 10.1 Å². The third-order valence-corrected chi connectivity index (χ3v) is 4.97. The molecule has 0 bridgehead atoms. The van der Waals surface area contributed by atoms with Crippen LogP contribution in [0.25, 0.3) is 11.0 Å². The minimum Gasteiger partial charge on any atom is -0.493 e. The molecule has 1 heterocycles. The number of imidazole rings is 1. The Morgan fingerprint density at radius 2 is 1.74 bits per heavy atom. The first-order valence-electron chi connectivity index (χ1n) is 9.78. The number of rotatable bonds is 7. The molecule has 0 saturated carbocycles. The van der Waals surface area contributed by atoms with Gasteiger partial charge in [0, 0.05) is 12.1 Å². The lowest BCUT2D eigenvalue weighted by Crippen LogP contribution is -2.20. The standard InChI is InChI=1S/C24H22FN3O3/c1-30-21-12-7-16(13-22(21)31-2)14-23-27-19-5-3-4-6-20(19)28(23)15-24(29)26-18-10-8-17(25)9-11-18/h3-13H,14-15H2,1-2H3,(H,26,29). The van der Waals surface area contributed by atoms with Crippen molar-refractivity contribution in [2.75, 3.05) is 19.5 Å².